The quantitative estimate of drug-likeness (QED) is 0.504. The van der Waals surface area contributed by atoms with Crippen LogP contribution in [0.3, 0.4) is 0 Å². The Morgan fingerprint density at radius 2 is 2.25 bits per heavy atom. The predicted molar refractivity (Wildman–Crippen MR) is 49.0 cm³/mol. The van der Waals surface area contributed by atoms with Gasteiger partial charge < -0.3 is 9.84 Å². The Bertz CT molecular complexity index is 143. The van der Waals surface area contributed by atoms with Gasteiger partial charge in [0, 0.05) is 13.0 Å². The van der Waals surface area contributed by atoms with E-state index in [1.165, 1.54) is 12.8 Å². The second kappa shape index (κ2) is 5.33. The van der Waals surface area contributed by atoms with Gasteiger partial charge in [-0.2, -0.15) is 0 Å². The van der Waals surface area contributed by atoms with Gasteiger partial charge in [-0.25, -0.2) is 0 Å². The van der Waals surface area contributed by atoms with Gasteiger partial charge in [0.1, 0.15) is 0 Å². The van der Waals surface area contributed by atoms with Crippen LogP contribution in [0.4, 0.5) is 0 Å². The monoisotopic (exact) mass is 170 g/mol. The molecule has 2 atom stereocenters. The maximum Gasteiger partial charge on any atom is 0.0784 e. The molecule has 1 N–H and O–H groups in total. The molecule has 0 aromatic carbocycles. The molecular weight excluding hydrogens is 152 g/mol. The van der Waals surface area contributed by atoms with Crippen molar-refractivity contribution in [3.8, 4) is 0 Å². The van der Waals surface area contributed by atoms with Crippen molar-refractivity contribution in [1.82, 2.24) is 0 Å². The van der Waals surface area contributed by atoms with Crippen molar-refractivity contribution in [2.24, 2.45) is 0 Å². The molecule has 0 amide bonds. The second-order valence-electron chi connectivity index (χ2n) is 3.30. The van der Waals surface area contributed by atoms with Crippen molar-refractivity contribution < 1.29 is 9.84 Å². The Kier molecular flexibility index (Phi) is 4.33. The summed E-state index contributed by atoms with van der Waals surface area (Å²) in [5, 5.41) is 9.14. The zero-order valence-corrected chi connectivity index (χ0v) is 7.70. The fourth-order valence-electron chi connectivity index (χ4n) is 1.36. The smallest absolute Gasteiger partial charge is 0.0784 e. The van der Waals surface area contributed by atoms with Crippen molar-refractivity contribution in [1.29, 1.82) is 0 Å². The summed E-state index contributed by atoms with van der Waals surface area (Å²) in [7, 11) is 0. The van der Waals surface area contributed by atoms with E-state index in [2.05, 4.69) is 6.92 Å². The van der Waals surface area contributed by atoms with Crippen LogP contribution in [0.5, 0.6) is 0 Å². The highest BCUT2D eigenvalue weighted by Crippen LogP contribution is 2.14. The molecule has 0 heterocycles. The van der Waals surface area contributed by atoms with E-state index in [4.69, 9.17) is 9.84 Å². The van der Waals surface area contributed by atoms with Crippen molar-refractivity contribution in [2.45, 2.75) is 44.8 Å². The third-order valence-electron chi connectivity index (χ3n) is 2.10. The Morgan fingerprint density at radius 3 is 2.83 bits per heavy atom. The van der Waals surface area contributed by atoms with Crippen LogP contribution in [-0.4, -0.2) is 23.9 Å². The lowest BCUT2D eigenvalue weighted by Gasteiger charge is -2.09. The average Bonchev–Trinajstić information content (AvgIpc) is 2.45. The maximum absolute atomic E-state index is 9.14. The maximum atomic E-state index is 9.14. The number of hydrogen-bond donors (Lipinski definition) is 1. The van der Waals surface area contributed by atoms with Gasteiger partial charge in [-0.15, -0.1) is 0 Å². The first kappa shape index (κ1) is 9.75. The molecule has 0 aromatic heterocycles. The molecule has 0 fully saturated rings. The summed E-state index contributed by atoms with van der Waals surface area (Å²) >= 11 is 0. The van der Waals surface area contributed by atoms with Crippen LogP contribution >= 0.6 is 0 Å². The molecule has 0 aromatic rings. The van der Waals surface area contributed by atoms with E-state index in [0.717, 1.165) is 19.4 Å². The van der Waals surface area contributed by atoms with Gasteiger partial charge in [0.15, 0.2) is 0 Å². The van der Waals surface area contributed by atoms with Gasteiger partial charge >= 0.3 is 0 Å². The fraction of sp³-hybridized carbons (Fsp3) is 0.800. The molecule has 2 nitrogen and oxygen atoms in total. The van der Waals surface area contributed by atoms with Crippen molar-refractivity contribution >= 4 is 0 Å². The Hall–Kier alpha value is -0.340. The molecule has 2 heteroatoms. The van der Waals surface area contributed by atoms with Crippen LogP contribution in [0.1, 0.15) is 32.6 Å². The minimum absolute atomic E-state index is 0.164. The minimum Gasteiger partial charge on any atom is -0.389 e. The summed E-state index contributed by atoms with van der Waals surface area (Å²) < 4.78 is 5.53. The van der Waals surface area contributed by atoms with Crippen LogP contribution in [0, 0.1) is 0 Å². The Balaban J connectivity index is 1.98. The van der Waals surface area contributed by atoms with Gasteiger partial charge in [0.2, 0.25) is 0 Å². The minimum atomic E-state index is -0.277. The van der Waals surface area contributed by atoms with Gasteiger partial charge in [-0.1, -0.05) is 31.9 Å². The lowest BCUT2D eigenvalue weighted by atomic mass is 10.2. The molecule has 0 radical (unpaired) electrons. The summed E-state index contributed by atoms with van der Waals surface area (Å²) in [6.07, 6.45) is 7.99. The molecule has 0 saturated carbocycles. The molecular formula is C10H18O2. The molecule has 0 aliphatic heterocycles. The zero-order valence-electron chi connectivity index (χ0n) is 7.70. The van der Waals surface area contributed by atoms with Gasteiger partial charge in [0.05, 0.1) is 12.2 Å². The highest BCUT2D eigenvalue weighted by molar-refractivity contribution is 5.03. The molecule has 1 aliphatic carbocycles. The number of hydrogen-bond acceptors (Lipinski definition) is 2. The lowest BCUT2D eigenvalue weighted by molar-refractivity contribution is 0.0617. The molecule has 0 saturated heterocycles. The van der Waals surface area contributed by atoms with Gasteiger partial charge in [0.25, 0.3) is 0 Å². The summed E-state index contributed by atoms with van der Waals surface area (Å²) in [5.41, 5.74) is 0. The number of aliphatic hydroxyl groups is 1. The van der Waals surface area contributed by atoms with Crippen LogP contribution in [0.15, 0.2) is 12.2 Å². The number of unbranched alkanes of at least 4 members (excludes halogenated alkanes) is 2. The van der Waals surface area contributed by atoms with E-state index in [9.17, 15) is 0 Å². The van der Waals surface area contributed by atoms with Crippen LogP contribution < -0.4 is 0 Å². The standard InChI is InChI=1S/C10H18O2/c1-2-3-4-7-12-10-6-5-9(11)8-10/h5-6,9-11H,2-4,7-8H2,1H3/t9-,10+/m0/s1. The first-order valence-corrected chi connectivity index (χ1v) is 4.81. The topological polar surface area (TPSA) is 29.5 Å². The fourth-order valence-corrected chi connectivity index (χ4v) is 1.36. The molecule has 0 bridgehead atoms. The van der Waals surface area contributed by atoms with Crippen LogP contribution in [0.2, 0.25) is 0 Å². The van der Waals surface area contributed by atoms with Gasteiger partial charge in [-0.3, -0.25) is 0 Å². The van der Waals surface area contributed by atoms with E-state index in [1.807, 2.05) is 12.2 Å². The van der Waals surface area contributed by atoms with Crippen molar-refractivity contribution in [3.05, 3.63) is 12.2 Å². The first-order valence-electron chi connectivity index (χ1n) is 4.81. The van der Waals surface area contributed by atoms with E-state index in [0.29, 0.717) is 0 Å². The van der Waals surface area contributed by atoms with E-state index < -0.39 is 0 Å². The number of aliphatic hydroxyl groups excluding tert-OH is 1. The normalized spacial score (nSPS) is 28.2. The van der Waals surface area contributed by atoms with Crippen LogP contribution in [-0.2, 0) is 4.74 Å². The van der Waals surface area contributed by atoms with Crippen molar-refractivity contribution in [2.75, 3.05) is 6.61 Å². The van der Waals surface area contributed by atoms with Crippen LogP contribution in [0.25, 0.3) is 0 Å². The third-order valence-corrected chi connectivity index (χ3v) is 2.10. The molecule has 1 rings (SSSR count). The number of rotatable bonds is 5. The Morgan fingerprint density at radius 1 is 1.42 bits per heavy atom. The molecule has 0 unspecified atom stereocenters. The molecule has 70 valence electrons. The van der Waals surface area contributed by atoms with Gasteiger partial charge in [-0.05, 0) is 6.42 Å². The average molecular weight is 170 g/mol. The Labute approximate surface area is 74.2 Å². The molecule has 1 aliphatic rings. The molecule has 0 spiro atoms. The van der Waals surface area contributed by atoms with E-state index >= 15 is 0 Å². The number of ether oxygens (including phenoxy) is 1. The SMILES string of the molecule is CCCCCO[C@@H]1C=C[C@H](O)C1. The van der Waals surface area contributed by atoms with E-state index in [1.54, 1.807) is 0 Å². The third kappa shape index (κ3) is 3.37. The zero-order chi connectivity index (χ0) is 8.81. The highest BCUT2D eigenvalue weighted by Gasteiger charge is 2.16. The molecule has 12 heavy (non-hydrogen) atoms. The lowest BCUT2D eigenvalue weighted by Crippen LogP contribution is -2.11. The summed E-state index contributed by atoms with van der Waals surface area (Å²) in [6, 6.07) is 0. The summed E-state index contributed by atoms with van der Waals surface area (Å²) in [4.78, 5) is 0. The summed E-state index contributed by atoms with van der Waals surface area (Å²) in [6.45, 7) is 3.01. The van der Waals surface area contributed by atoms with Crippen molar-refractivity contribution in [3.63, 3.8) is 0 Å². The summed E-state index contributed by atoms with van der Waals surface area (Å²) in [5.74, 6) is 0. The largest absolute Gasteiger partial charge is 0.389 e. The highest BCUT2D eigenvalue weighted by atomic mass is 16.5. The predicted octanol–water partition coefficient (Wildman–Crippen LogP) is 1.88. The van der Waals surface area contributed by atoms with E-state index in [-0.39, 0.29) is 12.2 Å². The first-order chi connectivity index (χ1) is 5.83. The second-order valence-corrected chi connectivity index (χ2v) is 3.30.